The number of nitrogens with zero attached hydrogens (tertiary/aromatic N) is 1. The van der Waals surface area contributed by atoms with E-state index in [9.17, 15) is 0 Å². The van der Waals surface area contributed by atoms with Crippen molar-refractivity contribution in [2.24, 2.45) is 0 Å². The Hall–Kier alpha value is -1.85. The van der Waals surface area contributed by atoms with Crippen molar-refractivity contribution in [3.05, 3.63) is 47.5 Å². The highest BCUT2D eigenvalue weighted by Gasteiger charge is 2.06. The molecule has 1 heterocycles. The highest BCUT2D eigenvalue weighted by Crippen LogP contribution is 2.35. The van der Waals surface area contributed by atoms with Crippen LogP contribution < -0.4 is 0 Å². The third-order valence-corrected chi connectivity index (χ3v) is 4.14. The number of hydrogen-bond donors (Lipinski definition) is 0. The maximum absolute atomic E-state index is 8.91. The zero-order chi connectivity index (χ0) is 11.1. The molecule has 1 aromatic heterocycles. The van der Waals surface area contributed by atoms with E-state index in [1.807, 2.05) is 18.2 Å². The molecular weight excluding hydrogens is 214 g/mol. The number of rotatable bonds is 0. The SMILES string of the molecule is Cc1cccc2c1sc1ccc(C#N)cc12. The van der Waals surface area contributed by atoms with Gasteiger partial charge >= 0.3 is 0 Å². The fourth-order valence-electron chi connectivity index (χ4n) is 2.01. The van der Waals surface area contributed by atoms with Crippen molar-refractivity contribution in [2.45, 2.75) is 6.92 Å². The van der Waals surface area contributed by atoms with Crippen molar-refractivity contribution in [3.8, 4) is 6.07 Å². The van der Waals surface area contributed by atoms with Crippen molar-refractivity contribution in [1.29, 1.82) is 5.26 Å². The maximum atomic E-state index is 8.91. The van der Waals surface area contributed by atoms with E-state index in [0.29, 0.717) is 0 Å². The smallest absolute Gasteiger partial charge is 0.0991 e. The molecule has 0 unspecified atom stereocenters. The van der Waals surface area contributed by atoms with Gasteiger partial charge in [-0.15, -0.1) is 11.3 Å². The number of benzene rings is 2. The van der Waals surface area contributed by atoms with Crippen molar-refractivity contribution in [2.75, 3.05) is 0 Å². The number of aryl methyl sites for hydroxylation is 1. The zero-order valence-corrected chi connectivity index (χ0v) is 9.64. The van der Waals surface area contributed by atoms with Crippen LogP contribution in [0.5, 0.6) is 0 Å². The molecule has 0 aliphatic carbocycles. The van der Waals surface area contributed by atoms with Gasteiger partial charge in [0.1, 0.15) is 0 Å². The Bertz CT molecular complexity index is 731. The second kappa shape index (κ2) is 3.33. The minimum absolute atomic E-state index is 0.730. The monoisotopic (exact) mass is 223 g/mol. The molecule has 3 rings (SSSR count). The van der Waals surface area contributed by atoms with Gasteiger partial charge in [-0.3, -0.25) is 0 Å². The van der Waals surface area contributed by atoms with Crippen LogP contribution in [0.25, 0.3) is 20.2 Å². The summed E-state index contributed by atoms with van der Waals surface area (Å²) in [5.74, 6) is 0. The molecule has 3 aromatic rings. The number of thiophene rings is 1. The van der Waals surface area contributed by atoms with Gasteiger partial charge in [-0.1, -0.05) is 18.2 Å². The van der Waals surface area contributed by atoms with Gasteiger partial charge in [-0.05, 0) is 30.7 Å². The van der Waals surface area contributed by atoms with E-state index in [-0.39, 0.29) is 0 Å². The molecule has 0 radical (unpaired) electrons. The topological polar surface area (TPSA) is 23.8 Å². The minimum Gasteiger partial charge on any atom is -0.192 e. The van der Waals surface area contributed by atoms with Crippen molar-refractivity contribution in [1.82, 2.24) is 0 Å². The maximum Gasteiger partial charge on any atom is 0.0991 e. The van der Waals surface area contributed by atoms with Gasteiger partial charge in [0.05, 0.1) is 11.6 Å². The Balaban J connectivity index is 2.54. The molecule has 2 aromatic carbocycles. The summed E-state index contributed by atoms with van der Waals surface area (Å²) in [6.07, 6.45) is 0. The van der Waals surface area contributed by atoms with Crippen molar-refractivity contribution >= 4 is 31.5 Å². The lowest BCUT2D eigenvalue weighted by Crippen LogP contribution is -1.73. The summed E-state index contributed by atoms with van der Waals surface area (Å²) in [4.78, 5) is 0. The van der Waals surface area contributed by atoms with Crippen molar-refractivity contribution < 1.29 is 0 Å². The molecule has 0 fully saturated rings. The first-order valence-electron chi connectivity index (χ1n) is 5.11. The molecule has 0 saturated heterocycles. The Kier molecular flexibility index (Phi) is 1.95. The summed E-state index contributed by atoms with van der Waals surface area (Å²) in [6.45, 7) is 2.13. The number of nitriles is 1. The van der Waals surface area contributed by atoms with E-state index in [0.717, 1.165) is 5.56 Å². The van der Waals surface area contributed by atoms with Crippen LogP contribution in [0.3, 0.4) is 0 Å². The Morgan fingerprint density at radius 3 is 2.81 bits per heavy atom. The van der Waals surface area contributed by atoms with Gasteiger partial charge < -0.3 is 0 Å². The predicted octanol–water partition coefficient (Wildman–Crippen LogP) is 4.23. The van der Waals surface area contributed by atoms with Gasteiger partial charge in [-0.25, -0.2) is 0 Å². The average Bonchev–Trinajstić information content (AvgIpc) is 2.68. The van der Waals surface area contributed by atoms with Crippen LogP contribution in [-0.4, -0.2) is 0 Å². The lowest BCUT2D eigenvalue weighted by atomic mass is 10.1. The summed E-state index contributed by atoms with van der Waals surface area (Å²) in [5.41, 5.74) is 2.03. The highest BCUT2D eigenvalue weighted by atomic mass is 32.1. The molecule has 0 aliphatic heterocycles. The molecule has 0 saturated carbocycles. The third kappa shape index (κ3) is 1.22. The molecule has 2 heteroatoms. The lowest BCUT2D eigenvalue weighted by Gasteiger charge is -1.94. The largest absolute Gasteiger partial charge is 0.192 e. The van der Waals surface area contributed by atoms with Gasteiger partial charge in [0.25, 0.3) is 0 Å². The van der Waals surface area contributed by atoms with E-state index >= 15 is 0 Å². The van der Waals surface area contributed by atoms with Crippen LogP contribution in [0, 0.1) is 18.3 Å². The first-order valence-corrected chi connectivity index (χ1v) is 5.93. The van der Waals surface area contributed by atoms with Crippen LogP contribution in [0.15, 0.2) is 36.4 Å². The molecule has 0 bridgehead atoms. The first kappa shape index (κ1) is 9.38. The fourth-order valence-corrected chi connectivity index (χ4v) is 3.16. The molecule has 16 heavy (non-hydrogen) atoms. The van der Waals surface area contributed by atoms with Gasteiger partial charge in [0, 0.05) is 20.2 Å². The molecule has 0 spiro atoms. The van der Waals surface area contributed by atoms with Crippen LogP contribution >= 0.6 is 11.3 Å². The third-order valence-electron chi connectivity index (χ3n) is 2.82. The fraction of sp³-hybridized carbons (Fsp3) is 0.0714. The van der Waals surface area contributed by atoms with Crippen molar-refractivity contribution in [3.63, 3.8) is 0 Å². The zero-order valence-electron chi connectivity index (χ0n) is 8.82. The number of fused-ring (bicyclic) bond motifs is 3. The highest BCUT2D eigenvalue weighted by molar-refractivity contribution is 7.26. The normalized spacial score (nSPS) is 10.8. The van der Waals surface area contributed by atoms with E-state index in [2.05, 4.69) is 31.2 Å². The van der Waals surface area contributed by atoms with E-state index in [1.54, 1.807) is 11.3 Å². The standard InChI is InChI=1S/C14H9NS/c1-9-3-2-4-11-12-7-10(8-15)5-6-13(12)16-14(9)11/h2-7H,1H3. The molecule has 76 valence electrons. The summed E-state index contributed by atoms with van der Waals surface area (Å²) in [6, 6.07) is 14.4. The Labute approximate surface area is 97.6 Å². The van der Waals surface area contributed by atoms with Crippen LogP contribution in [0.2, 0.25) is 0 Å². The molecule has 0 amide bonds. The minimum atomic E-state index is 0.730. The second-order valence-electron chi connectivity index (χ2n) is 3.88. The second-order valence-corrected chi connectivity index (χ2v) is 4.93. The predicted molar refractivity (Wildman–Crippen MR) is 68.8 cm³/mol. The van der Waals surface area contributed by atoms with Gasteiger partial charge in [0.15, 0.2) is 0 Å². The summed E-state index contributed by atoms with van der Waals surface area (Å²) in [7, 11) is 0. The van der Waals surface area contributed by atoms with Crippen LogP contribution in [0.4, 0.5) is 0 Å². The molecule has 1 nitrogen and oxygen atoms in total. The van der Waals surface area contributed by atoms with Crippen LogP contribution in [-0.2, 0) is 0 Å². The van der Waals surface area contributed by atoms with Gasteiger partial charge in [0.2, 0.25) is 0 Å². The van der Waals surface area contributed by atoms with Gasteiger partial charge in [-0.2, -0.15) is 5.26 Å². The summed E-state index contributed by atoms with van der Waals surface area (Å²) >= 11 is 1.80. The average molecular weight is 223 g/mol. The lowest BCUT2D eigenvalue weighted by molar-refractivity contribution is 1.50. The summed E-state index contributed by atoms with van der Waals surface area (Å²) < 4.78 is 2.58. The van der Waals surface area contributed by atoms with E-state index < -0.39 is 0 Å². The molecule has 0 N–H and O–H groups in total. The molecule has 0 atom stereocenters. The summed E-state index contributed by atoms with van der Waals surface area (Å²) in [5, 5.41) is 11.4. The van der Waals surface area contributed by atoms with Crippen LogP contribution in [0.1, 0.15) is 11.1 Å². The quantitative estimate of drug-likeness (QED) is 0.559. The van der Waals surface area contributed by atoms with E-state index in [4.69, 9.17) is 5.26 Å². The first-order chi connectivity index (χ1) is 7.79. The molecule has 0 aliphatic rings. The Morgan fingerprint density at radius 2 is 2.00 bits per heavy atom. The molecular formula is C14H9NS. The number of hydrogen-bond acceptors (Lipinski definition) is 2. The van der Waals surface area contributed by atoms with E-state index in [1.165, 1.54) is 25.7 Å². The Morgan fingerprint density at radius 1 is 1.12 bits per heavy atom.